The fourth-order valence-electron chi connectivity index (χ4n) is 2.21. The third-order valence-corrected chi connectivity index (χ3v) is 4.91. The molecule has 2 N–H and O–H groups in total. The van der Waals surface area contributed by atoms with Crippen LogP contribution in [-0.2, 0) is 10.0 Å². The minimum Gasteiger partial charge on any atom is -0.313 e. The minimum absolute atomic E-state index is 0.134. The Balaban J connectivity index is 1.99. The summed E-state index contributed by atoms with van der Waals surface area (Å²) in [4.78, 5) is 11.5. The van der Waals surface area contributed by atoms with Gasteiger partial charge in [-0.25, -0.2) is 13.1 Å². The fraction of sp³-hybridized carbons (Fsp3) is 0.400. The van der Waals surface area contributed by atoms with Gasteiger partial charge in [0.1, 0.15) is 0 Å². The molecule has 0 unspecified atom stereocenters. The summed E-state index contributed by atoms with van der Waals surface area (Å²) in [5.41, 5.74) is 1.67. The van der Waals surface area contributed by atoms with Gasteiger partial charge >= 0.3 is 0 Å². The molecule has 114 valence electrons. The first-order valence-corrected chi connectivity index (χ1v) is 8.46. The van der Waals surface area contributed by atoms with E-state index < -0.39 is 10.0 Å². The molecule has 2 rings (SSSR count). The molecule has 0 saturated carbocycles. The molecule has 21 heavy (non-hydrogen) atoms. The number of rotatable bonds is 6. The van der Waals surface area contributed by atoms with Gasteiger partial charge in [0.25, 0.3) is 0 Å². The van der Waals surface area contributed by atoms with Gasteiger partial charge in [0.15, 0.2) is 5.78 Å². The Kier molecular flexibility index (Phi) is 5.27. The smallest absolute Gasteiger partial charge is 0.240 e. The van der Waals surface area contributed by atoms with Crippen molar-refractivity contribution in [2.24, 2.45) is 0 Å². The van der Waals surface area contributed by atoms with E-state index in [2.05, 4.69) is 16.1 Å². The summed E-state index contributed by atoms with van der Waals surface area (Å²) < 4.78 is 27.0. The molecule has 1 aromatic carbocycles. The van der Waals surface area contributed by atoms with Gasteiger partial charge in [0.2, 0.25) is 10.0 Å². The van der Waals surface area contributed by atoms with Gasteiger partial charge < -0.3 is 5.32 Å². The molecule has 1 aliphatic rings. The van der Waals surface area contributed by atoms with E-state index in [1.165, 1.54) is 24.6 Å². The minimum atomic E-state index is -3.56. The number of hydrogen-bond donors (Lipinski definition) is 2. The maximum absolute atomic E-state index is 12.2. The second kappa shape index (κ2) is 6.98. The lowest BCUT2D eigenvalue weighted by Crippen LogP contribution is -2.27. The Morgan fingerprint density at radius 3 is 2.86 bits per heavy atom. The molecule has 6 heteroatoms. The molecule has 0 amide bonds. The molecule has 5 nitrogen and oxygen atoms in total. The summed E-state index contributed by atoms with van der Waals surface area (Å²) in [7, 11) is -3.56. The standard InChI is InChI=1S/C15H20N2O3S/c1-12(18)14-3-2-4-15(11-14)21(19,20)17-10-7-13-5-8-16-9-6-13/h2-5,11,16-17H,6-10H2,1H3. The number of carbonyl (C=O) groups is 1. The zero-order chi connectivity index (χ0) is 15.3. The molecule has 0 radical (unpaired) electrons. The van der Waals surface area contributed by atoms with Gasteiger partial charge in [-0.2, -0.15) is 0 Å². The van der Waals surface area contributed by atoms with Crippen LogP contribution in [0.2, 0.25) is 0 Å². The Bertz CT molecular complexity index is 651. The van der Waals surface area contributed by atoms with E-state index >= 15 is 0 Å². The van der Waals surface area contributed by atoms with Crippen LogP contribution in [-0.4, -0.2) is 33.8 Å². The average molecular weight is 308 g/mol. The van der Waals surface area contributed by atoms with Crippen LogP contribution in [0.3, 0.4) is 0 Å². The lowest BCUT2D eigenvalue weighted by molar-refractivity contribution is 0.101. The third kappa shape index (κ3) is 4.49. The largest absolute Gasteiger partial charge is 0.313 e. The van der Waals surface area contributed by atoms with Crippen molar-refractivity contribution in [2.45, 2.75) is 24.7 Å². The maximum atomic E-state index is 12.2. The van der Waals surface area contributed by atoms with Crippen molar-refractivity contribution in [2.75, 3.05) is 19.6 Å². The number of nitrogens with one attached hydrogen (secondary N) is 2. The van der Waals surface area contributed by atoms with Gasteiger partial charge in [-0.1, -0.05) is 23.8 Å². The molecule has 1 heterocycles. The van der Waals surface area contributed by atoms with Crippen LogP contribution < -0.4 is 10.0 Å². The highest BCUT2D eigenvalue weighted by Crippen LogP contribution is 2.13. The number of sulfonamides is 1. The van der Waals surface area contributed by atoms with Crippen LogP contribution in [0.15, 0.2) is 40.8 Å². The van der Waals surface area contributed by atoms with Crippen LogP contribution in [0, 0.1) is 0 Å². The monoisotopic (exact) mass is 308 g/mol. The van der Waals surface area contributed by atoms with Crippen LogP contribution in [0.5, 0.6) is 0 Å². The van der Waals surface area contributed by atoms with Crippen LogP contribution >= 0.6 is 0 Å². The Morgan fingerprint density at radius 1 is 1.38 bits per heavy atom. The number of Topliss-reactive ketones (excluding diaryl/α,β-unsaturated/α-hetero) is 1. The van der Waals surface area contributed by atoms with E-state index in [9.17, 15) is 13.2 Å². The Morgan fingerprint density at radius 2 is 2.19 bits per heavy atom. The summed E-state index contributed by atoms with van der Waals surface area (Å²) in [6.45, 7) is 3.59. The first-order valence-electron chi connectivity index (χ1n) is 6.98. The summed E-state index contributed by atoms with van der Waals surface area (Å²) >= 11 is 0. The van der Waals surface area contributed by atoms with E-state index in [0.717, 1.165) is 19.5 Å². The first kappa shape index (κ1) is 15.9. The Hall–Kier alpha value is -1.50. The molecule has 0 saturated heterocycles. The highest BCUT2D eigenvalue weighted by Gasteiger charge is 2.15. The summed E-state index contributed by atoms with van der Waals surface area (Å²) in [5.74, 6) is -0.146. The molecule has 1 aromatic rings. The maximum Gasteiger partial charge on any atom is 0.240 e. The van der Waals surface area contributed by atoms with E-state index in [-0.39, 0.29) is 10.7 Å². The van der Waals surface area contributed by atoms with Crippen molar-refractivity contribution in [1.29, 1.82) is 0 Å². The lowest BCUT2D eigenvalue weighted by Gasteiger charge is -2.14. The molecular formula is C15H20N2O3S. The number of carbonyl (C=O) groups excluding carboxylic acids is 1. The van der Waals surface area contributed by atoms with Gasteiger partial charge in [0.05, 0.1) is 4.90 Å². The average Bonchev–Trinajstić information content (AvgIpc) is 2.48. The fourth-order valence-corrected chi connectivity index (χ4v) is 3.29. The van der Waals surface area contributed by atoms with Gasteiger partial charge in [-0.3, -0.25) is 4.79 Å². The third-order valence-electron chi connectivity index (χ3n) is 3.45. The van der Waals surface area contributed by atoms with E-state index in [4.69, 9.17) is 0 Å². The van der Waals surface area contributed by atoms with Gasteiger partial charge in [-0.15, -0.1) is 0 Å². The summed E-state index contributed by atoms with van der Waals surface area (Å²) in [6, 6.07) is 6.11. The topological polar surface area (TPSA) is 75.3 Å². The molecular weight excluding hydrogens is 288 g/mol. The lowest BCUT2D eigenvalue weighted by atomic mass is 10.1. The second-order valence-corrected chi connectivity index (χ2v) is 6.82. The van der Waals surface area contributed by atoms with Crippen LogP contribution in [0.25, 0.3) is 0 Å². The van der Waals surface area contributed by atoms with Gasteiger partial charge in [0, 0.05) is 18.7 Å². The predicted molar refractivity (Wildman–Crippen MR) is 81.8 cm³/mol. The van der Waals surface area contributed by atoms with Gasteiger partial charge in [-0.05, 0) is 38.4 Å². The van der Waals surface area contributed by atoms with Crippen LogP contribution in [0.1, 0.15) is 30.1 Å². The molecule has 0 aromatic heterocycles. The SMILES string of the molecule is CC(=O)c1cccc(S(=O)(=O)NCCC2=CCNCC2)c1. The molecule has 0 atom stereocenters. The molecule has 1 aliphatic heterocycles. The van der Waals surface area contributed by atoms with Crippen LogP contribution in [0.4, 0.5) is 0 Å². The van der Waals surface area contributed by atoms with Crippen molar-refractivity contribution in [3.63, 3.8) is 0 Å². The van der Waals surface area contributed by atoms with Crippen molar-refractivity contribution >= 4 is 15.8 Å². The number of hydrogen-bond acceptors (Lipinski definition) is 4. The first-order chi connectivity index (χ1) is 9.99. The normalized spacial score (nSPS) is 15.6. The molecule has 0 bridgehead atoms. The quantitative estimate of drug-likeness (QED) is 0.616. The molecule has 0 aliphatic carbocycles. The molecule has 0 spiro atoms. The van der Waals surface area contributed by atoms with E-state index in [1.807, 2.05) is 0 Å². The number of benzene rings is 1. The van der Waals surface area contributed by atoms with Crippen molar-refractivity contribution in [3.8, 4) is 0 Å². The molecule has 0 fully saturated rings. The Labute approximate surface area is 125 Å². The van der Waals surface area contributed by atoms with Crippen molar-refractivity contribution in [1.82, 2.24) is 10.0 Å². The second-order valence-electron chi connectivity index (χ2n) is 5.05. The highest BCUT2D eigenvalue weighted by atomic mass is 32.2. The highest BCUT2D eigenvalue weighted by molar-refractivity contribution is 7.89. The summed E-state index contributed by atoms with van der Waals surface area (Å²) in [5, 5.41) is 3.22. The van der Waals surface area contributed by atoms with E-state index in [0.29, 0.717) is 18.5 Å². The van der Waals surface area contributed by atoms with E-state index in [1.54, 1.807) is 12.1 Å². The zero-order valence-electron chi connectivity index (χ0n) is 12.1. The van der Waals surface area contributed by atoms with Crippen molar-refractivity contribution in [3.05, 3.63) is 41.5 Å². The summed E-state index contributed by atoms with van der Waals surface area (Å²) in [6.07, 6.45) is 3.78. The zero-order valence-corrected chi connectivity index (χ0v) is 12.9. The predicted octanol–water partition coefficient (Wildman–Crippen LogP) is 1.48. The number of ketones is 1. The van der Waals surface area contributed by atoms with Crippen molar-refractivity contribution < 1.29 is 13.2 Å².